The lowest BCUT2D eigenvalue weighted by Crippen LogP contribution is -1.88. The van der Waals surface area contributed by atoms with Gasteiger partial charge in [0.2, 0.25) is 5.89 Å². The normalized spacial score (nSPS) is 12.5. The van der Waals surface area contributed by atoms with Crippen LogP contribution in [0.15, 0.2) is 51.1 Å². The number of thiophene rings is 1. The summed E-state index contributed by atoms with van der Waals surface area (Å²) in [6.45, 7) is 4.18. The van der Waals surface area contributed by atoms with Crippen molar-refractivity contribution in [3.8, 4) is 10.8 Å². The Balaban J connectivity index is 1.76. The molecule has 0 radical (unpaired) electrons. The second-order valence-corrected chi connectivity index (χ2v) is 6.86. The van der Waals surface area contributed by atoms with Crippen LogP contribution in [0.2, 0.25) is 0 Å². The molecule has 3 rings (SSSR count). The van der Waals surface area contributed by atoms with Crippen LogP contribution in [0.3, 0.4) is 0 Å². The molecule has 0 aliphatic carbocycles. The van der Waals surface area contributed by atoms with E-state index in [0.717, 1.165) is 4.88 Å². The van der Waals surface area contributed by atoms with Crippen molar-refractivity contribution >= 4 is 23.1 Å². The fourth-order valence-electron chi connectivity index (χ4n) is 1.84. The molecule has 0 saturated carbocycles. The monoisotopic (exact) mass is 302 g/mol. The minimum atomic E-state index is 0.137. The van der Waals surface area contributed by atoms with Gasteiger partial charge in [-0.25, -0.2) is 0 Å². The highest BCUT2D eigenvalue weighted by atomic mass is 32.2. The first-order valence-electron chi connectivity index (χ1n) is 6.33. The molecule has 0 bridgehead atoms. The molecule has 2 heterocycles. The van der Waals surface area contributed by atoms with Gasteiger partial charge in [-0.05, 0) is 37.4 Å². The van der Waals surface area contributed by atoms with Gasteiger partial charge in [-0.3, -0.25) is 0 Å². The Labute approximate surface area is 126 Å². The fraction of sp³-hybridized carbons (Fsp3) is 0.200. The second-order valence-electron chi connectivity index (χ2n) is 4.50. The Kier molecular flexibility index (Phi) is 3.89. The van der Waals surface area contributed by atoms with Gasteiger partial charge in [0.1, 0.15) is 0 Å². The summed E-state index contributed by atoms with van der Waals surface area (Å²) in [6, 6.07) is 12.4. The zero-order valence-corrected chi connectivity index (χ0v) is 12.9. The number of nitrogens with zero attached hydrogens (tertiary/aromatic N) is 2. The Morgan fingerprint density at radius 2 is 2.10 bits per heavy atom. The molecule has 20 heavy (non-hydrogen) atoms. The van der Waals surface area contributed by atoms with Crippen LogP contribution in [-0.2, 0) is 0 Å². The van der Waals surface area contributed by atoms with Crippen LogP contribution < -0.4 is 0 Å². The molecule has 102 valence electrons. The average Bonchev–Trinajstić information content (AvgIpc) is 3.10. The summed E-state index contributed by atoms with van der Waals surface area (Å²) in [5.74, 6) is 1.27. The minimum absolute atomic E-state index is 0.137. The summed E-state index contributed by atoms with van der Waals surface area (Å²) < 4.78 is 5.76. The van der Waals surface area contributed by atoms with E-state index >= 15 is 0 Å². The molecule has 3 nitrogen and oxygen atoms in total. The van der Waals surface area contributed by atoms with Crippen LogP contribution in [0.1, 0.15) is 23.6 Å². The Morgan fingerprint density at radius 3 is 2.85 bits per heavy atom. The van der Waals surface area contributed by atoms with Crippen molar-refractivity contribution in [3.63, 3.8) is 0 Å². The van der Waals surface area contributed by atoms with Gasteiger partial charge in [0.25, 0.3) is 5.89 Å². The molecule has 0 amide bonds. The molecule has 5 heteroatoms. The first-order valence-corrected chi connectivity index (χ1v) is 8.09. The van der Waals surface area contributed by atoms with Gasteiger partial charge >= 0.3 is 0 Å². The molecule has 3 aromatic rings. The molecule has 1 aromatic carbocycles. The van der Waals surface area contributed by atoms with Crippen LogP contribution in [0.4, 0.5) is 0 Å². The largest absolute Gasteiger partial charge is 0.419 e. The van der Waals surface area contributed by atoms with E-state index in [1.807, 2.05) is 17.5 Å². The van der Waals surface area contributed by atoms with E-state index in [1.54, 1.807) is 23.1 Å². The van der Waals surface area contributed by atoms with Crippen molar-refractivity contribution in [2.75, 3.05) is 0 Å². The zero-order valence-electron chi connectivity index (χ0n) is 11.2. The zero-order chi connectivity index (χ0) is 13.9. The lowest BCUT2D eigenvalue weighted by atomic mass is 10.2. The first kappa shape index (κ1) is 13.4. The number of hydrogen-bond donors (Lipinski definition) is 0. The maximum Gasteiger partial charge on any atom is 0.257 e. The number of thioether (sulfide) groups is 1. The van der Waals surface area contributed by atoms with Gasteiger partial charge in [-0.15, -0.1) is 33.3 Å². The standard InChI is InChI=1S/C15H14N2OS2/c1-10-5-3-6-12(9-10)20-11(2)14-16-17-15(18-14)13-7-4-8-19-13/h3-9,11H,1-2H3. The third-order valence-corrected chi connectivity index (χ3v) is 4.76. The van der Waals surface area contributed by atoms with E-state index < -0.39 is 0 Å². The molecule has 0 N–H and O–H groups in total. The van der Waals surface area contributed by atoms with Gasteiger partial charge in [0.15, 0.2) is 0 Å². The maximum absolute atomic E-state index is 5.76. The Bertz CT molecular complexity index is 691. The molecular formula is C15H14N2OS2. The van der Waals surface area contributed by atoms with Crippen molar-refractivity contribution in [1.29, 1.82) is 0 Å². The molecule has 1 atom stereocenters. The third-order valence-electron chi connectivity index (χ3n) is 2.82. The van der Waals surface area contributed by atoms with Crippen LogP contribution in [0.5, 0.6) is 0 Å². The highest BCUT2D eigenvalue weighted by Crippen LogP contribution is 2.35. The molecule has 0 aliphatic heterocycles. The van der Waals surface area contributed by atoms with Crippen molar-refractivity contribution in [3.05, 3.63) is 53.2 Å². The summed E-state index contributed by atoms with van der Waals surface area (Å²) in [4.78, 5) is 2.23. The van der Waals surface area contributed by atoms with E-state index in [2.05, 4.69) is 48.3 Å². The first-order chi connectivity index (χ1) is 9.72. The van der Waals surface area contributed by atoms with Crippen molar-refractivity contribution in [1.82, 2.24) is 10.2 Å². The predicted molar refractivity (Wildman–Crippen MR) is 83.1 cm³/mol. The van der Waals surface area contributed by atoms with Crippen molar-refractivity contribution in [2.45, 2.75) is 24.0 Å². The summed E-state index contributed by atoms with van der Waals surface area (Å²) in [5.41, 5.74) is 1.26. The molecule has 0 aliphatic rings. The summed E-state index contributed by atoms with van der Waals surface area (Å²) in [5, 5.41) is 10.4. The Morgan fingerprint density at radius 1 is 1.20 bits per heavy atom. The summed E-state index contributed by atoms with van der Waals surface area (Å²) >= 11 is 3.33. The topological polar surface area (TPSA) is 38.9 Å². The fourth-order valence-corrected chi connectivity index (χ4v) is 3.50. The van der Waals surface area contributed by atoms with Crippen molar-refractivity contribution in [2.24, 2.45) is 0 Å². The molecule has 1 unspecified atom stereocenters. The van der Waals surface area contributed by atoms with Gasteiger partial charge in [-0.1, -0.05) is 23.8 Å². The van der Waals surface area contributed by atoms with E-state index in [4.69, 9.17) is 4.42 Å². The van der Waals surface area contributed by atoms with E-state index in [9.17, 15) is 0 Å². The predicted octanol–water partition coefficient (Wildman–Crippen LogP) is 4.96. The maximum atomic E-state index is 5.76. The highest BCUT2D eigenvalue weighted by Gasteiger charge is 2.16. The SMILES string of the molecule is Cc1cccc(SC(C)c2nnc(-c3cccs3)o2)c1. The number of aryl methyl sites for hydroxylation is 1. The molecule has 0 spiro atoms. The number of hydrogen-bond acceptors (Lipinski definition) is 5. The van der Waals surface area contributed by atoms with Gasteiger partial charge in [0, 0.05) is 4.90 Å². The molecule has 0 saturated heterocycles. The van der Waals surface area contributed by atoms with Crippen LogP contribution in [0, 0.1) is 6.92 Å². The Hall–Kier alpha value is -1.59. The van der Waals surface area contributed by atoms with Gasteiger partial charge in [0.05, 0.1) is 10.1 Å². The molecule has 2 aromatic heterocycles. The van der Waals surface area contributed by atoms with Crippen LogP contribution in [-0.4, -0.2) is 10.2 Å². The second kappa shape index (κ2) is 5.81. The molecule has 0 fully saturated rings. The van der Waals surface area contributed by atoms with E-state index in [0.29, 0.717) is 11.8 Å². The quantitative estimate of drug-likeness (QED) is 0.638. The number of rotatable bonds is 4. The smallest absolute Gasteiger partial charge is 0.257 e. The van der Waals surface area contributed by atoms with Crippen molar-refractivity contribution < 1.29 is 4.42 Å². The lowest BCUT2D eigenvalue weighted by molar-refractivity contribution is 0.510. The van der Waals surface area contributed by atoms with Crippen LogP contribution >= 0.6 is 23.1 Å². The van der Waals surface area contributed by atoms with E-state index in [1.165, 1.54) is 10.5 Å². The number of aromatic nitrogens is 2. The summed E-state index contributed by atoms with van der Waals surface area (Å²) in [6.07, 6.45) is 0. The highest BCUT2D eigenvalue weighted by molar-refractivity contribution is 7.99. The van der Waals surface area contributed by atoms with E-state index in [-0.39, 0.29) is 5.25 Å². The van der Waals surface area contributed by atoms with Gasteiger partial charge in [-0.2, -0.15) is 0 Å². The average molecular weight is 302 g/mol. The minimum Gasteiger partial charge on any atom is -0.419 e. The van der Waals surface area contributed by atoms with Crippen LogP contribution in [0.25, 0.3) is 10.8 Å². The number of benzene rings is 1. The third kappa shape index (κ3) is 2.94. The summed E-state index contributed by atoms with van der Waals surface area (Å²) in [7, 11) is 0. The lowest BCUT2D eigenvalue weighted by Gasteiger charge is -2.06. The van der Waals surface area contributed by atoms with Gasteiger partial charge < -0.3 is 4.42 Å². The molecular weight excluding hydrogens is 288 g/mol.